The van der Waals surface area contributed by atoms with Gasteiger partial charge < -0.3 is 4.42 Å². The van der Waals surface area contributed by atoms with Gasteiger partial charge in [0.05, 0.1) is 5.56 Å². The van der Waals surface area contributed by atoms with Crippen LogP contribution in [0.25, 0.3) is 11.1 Å². The minimum absolute atomic E-state index is 0.00176. The first-order chi connectivity index (χ1) is 14.2. The quantitative estimate of drug-likeness (QED) is 0.417. The van der Waals surface area contributed by atoms with Crippen LogP contribution < -0.4 is 0 Å². The molecule has 4 nitrogen and oxygen atoms in total. The molecule has 5 rings (SSSR count). The van der Waals surface area contributed by atoms with Crippen LogP contribution in [0.4, 0.5) is 0 Å². The van der Waals surface area contributed by atoms with Gasteiger partial charge in [0.1, 0.15) is 0 Å². The van der Waals surface area contributed by atoms with Crippen molar-refractivity contribution in [2.24, 2.45) is 0 Å². The Kier molecular flexibility index (Phi) is 3.85. The summed E-state index contributed by atoms with van der Waals surface area (Å²) in [6.45, 7) is 0. The van der Waals surface area contributed by atoms with Crippen molar-refractivity contribution < 1.29 is 18.8 Å². The Hall–Kier alpha value is -4.05. The maximum Gasteiger partial charge on any atom is 0.229 e. The zero-order valence-corrected chi connectivity index (χ0v) is 15.2. The minimum atomic E-state index is -0.389. The normalized spacial score (nSPS) is 12.4. The summed E-state index contributed by atoms with van der Waals surface area (Å²) in [4.78, 5) is 39.6. The fourth-order valence-electron chi connectivity index (χ4n) is 3.70. The third kappa shape index (κ3) is 2.57. The Morgan fingerprint density at radius 3 is 1.83 bits per heavy atom. The van der Waals surface area contributed by atoms with Crippen molar-refractivity contribution in [1.82, 2.24) is 0 Å². The minimum Gasteiger partial charge on any atom is -0.448 e. The van der Waals surface area contributed by atoms with Gasteiger partial charge in [-0.05, 0) is 5.56 Å². The molecule has 3 aromatic carbocycles. The lowest BCUT2D eigenvalue weighted by Crippen LogP contribution is -2.19. The zero-order chi connectivity index (χ0) is 20.0. The van der Waals surface area contributed by atoms with E-state index in [0.29, 0.717) is 22.3 Å². The maximum absolute atomic E-state index is 13.3. The highest BCUT2D eigenvalue weighted by Gasteiger charge is 2.39. The standard InChI is InChI=1S/C25H14O4/c26-21(16-11-5-2-6-12-16)24-19(15-9-3-1-4-10-15)20-22(27)17-13-7-8-14-18(17)23(28)25(20)29-24/h1-14H. The summed E-state index contributed by atoms with van der Waals surface area (Å²) < 4.78 is 5.83. The fraction of sp³-hybridized carbons (Fsp3) is 0. The van der Waals surface area contributed by atoms with Crippen LogP contribution in [-0.4, -0.2) is 17.3 Å². The molecule has 0 saturated heterocycles. The summed E-state index contributed by atoms with van der Waals surface area (Å²) in [7, 11) is 0. The van der Waals surface area contributed by atoms with Gasteiger partial charge in [0, 0.05) is 22.3 Å². The molecule has 1 aliphatic rings. The first-order valence-corrected chi connectivity index (χ1v) is 9.17. The summed E-state index contributed by atoms with van der Waals surface area (Å²) in [5.41, 5.74) is 2.20. The van der Waals surface area contributed by atoms with E-state index in [0.717, 1.165) is 0 Å². The van der Waals surface area contributed by atoms with E-state index < -0.39 is 0 Å². The van der Waals surface area contributed by atoms with E-state index in [1.165, 1.54) is 0 Å². The van der Waals surface area contributed by atoms with Gasteiger partial charge in [-0.2, -0.15) is 0 Å². The lowest BCUT2D eigenvalue weighted by Gasteiger charge is -2.13. The number of ketones is 3. The number of carbonyl (C=O) groups excluding carboxylic acids is 3. The highest BCUT2D eigenvalue weighted by atomic mass is 16.4. The van der Waals surface area contributed by atoms with Crippen molar-refractivity contribution in [3.63, 3.8) is 0 Å². The van der Waals surface area contributed by atoms with Crippen LogP contribution in [0.3, 0.4) is 0 Å². The summed E-state index contributed by atoms with van der Waals surface area (Å²) in [5.74, 6) is -1.15. The number of carbonyl (C=O) groups is 3. The van der Waals surface area contributed by atoms with Crippen molar-refractivity contribution in [3.05, 3.63) is 119 Å². The monoisotopic (exact) mass is 378 g/mol. The van der Waals surface area contributed by atoms with Crippen molar-refractivity contribution >= 4 is 17.3 Å². The zero-order valence-electron chi connectivity index (χ0n) is 15.2. The van der Waals surface area contributed by atoms with Gasteiger partial charge >= 0.3 is 0 Å². The molecule has 138 valence electrons. The Balaban J connectivity index is 1.81. The van der Waals surface area contributed by atoms with E-state index in [1.807, 2.05) is 24.3 Å². The highest BCUT2D eigenvalue weighted by Crippen LogP contribution is 2.39. The van der Waals surface area contributed by atoms with E-state index in [9.17, 15) is 14.4 Å². The number of hydrogen-bond acceptors (Lipinski definition) is 4. The van der Waals surface area contributed by atoms with Crippen molar-refractivity contribution in [1.29, 1.82) is 0 Å². The largest absolute Gasteiger partial charge is 0.448 e. The Bertz CT molecular complexity index is 1280. The van der Waals surface area contributed by atoms with Crippen LogP contribution in [0, 0.1) is 0 Å². The van der Waals surface area contributed by atoms with Crippen molar-refractivity contribution in [3.8, 4) is 11.1 Å². The smallest absolute Gasteiger partial charge is 0.229 e. The Labute approximate surface area is 166 Å². The van der Waals surface area contributed by atoms with E-state index in [1.54, 1.807) is 60.7 Å². The van der Waals surface area contributed by atoms with E-state index in [2.05, 4.69) is 0 Å². The van der Waals surface area contributed by atoms with Gasteiger partial charge in [0.25, 0.3) is 0 Å². The molecule has 1 heterocycles. The molecule has 0 unspecified atom stereocenters. The van der Waals surface area contributed by atoms with Crippen LogP contribution in [0.5, 0.6) is 0 Å². The number of benzene rings is 3. The average Bonchev–Trinajstić information content (AvgIpc) is 3.19. The third-order valence-corrected chi connectivity index (χ3v) is 5.06. The van der Waals surface area contributed by atoms with Gasteiger partial charge in [-0.3, -0.25) is 14.4 Å². The van der Waals surface area contributed by atoms with Gasteiger partial charge in [0.2, 0.25) is 11.6 Å². The number of fused-ring (bicyclic) bond motifs is 2. The van der Waals surface area contributed by atoms with Crippen molar-refractivity contribution in [2.75, 3.05) is 0 Å². The van der Waals surface area contributed by atoms with Crippen LogP contribution in [-0.2, 0) is 0 Å². The molecule has 0 fully saturated rings. The summed E-state index contributed by atoms with van der Waals surface area (Å²) in [6, 6.07) is 24.4. The van der Waals surface area contributed by atoms with E-state index in [4.69, 9.17) is 4.42 Å². The lowest BCUT2D eigenvalue weighted by atomic mass is 9.84. The lowest BCUT2D eigenvalue weighted by molar-refractivity contribution is 0.0951. The second-order valence-corrected chi connectivity index (χ2v) is 6.78. The predicted molar refractivity (Wildman–Crippen MR) is 107 cm³/mol. The molecule has 1 aliphatic carbocycles. The molecule has 4 heteroatoms. The molecule has 29 heavy (non-hydrogen) atoms. The third-order valence-electron chi connectivity index (χ3n) is 5.06. The molecule has 0 amide bonds. The second kappa shape index (κ2) is 6.53. The Morgan fingerprint density at radius 1 is 0.621 bits per heavy atom. The van der Waals surface area contributed by atoms with E-state index in [-0.39, 0.29) is 40.0 Å². The van der Waals surface area contributed by atoms with Crippen LogP contribution >= 0.6 is 0 Å². The van der Waals surface area contributed by atoms with Crippen LogP contribution in [0.15, 0.2) is 89.3 Å². The van der Waals surface area contributed by atoms with Crippen LogP contribution in [0.2, 0.25) is 0 Å². The molecule has 0 bridgehead atoms. The summed E-state index contributed by atoms with van der Waals surface area (Å²) >= 11 is 0. The average molecular weight is 378 g/mol. The number of hydrogen-bond donors (Lipinski definition) is 0. The maximum atomic E-state index is 13.3. The van der Waals surface area contributed by atoms with Gasteiger partial charge in [0.15, 0.2) is 17.3 Å². The number of rotatable bonds is 3. The molecule has 0 atom stereocenters. The number of furan rings is 1. The van der Waals surface area contributed by atoms with Gasteiger partial charge in [-0.25, -0.2) is 0 Å². The first-order valence-electron chi connectivity index (χ1n) is 9.17. The summed E-state index contributed by atoms with van der Waals surface area (Å²) in [5, 5.41) is 0. The molecular formula is C25H14O4. The molecule has 0 N–H and O–H groups in total. The topological polar surface area (TPSA) is 64.3 Å². The molecule has 1 aromatic heterocycles. The molecule has 0 saturated carbocycles. The second-order valence-electron chi connectivity index (χ2n) is 6.78. The molecule has 0 aliphatic heterocycles. The molecule has 0 radical (unpaired) electrons. The highest BCUT2D eigenvalue weighted by molar-refractivity contribution is 6.31. The van der Waals surface area contributed by atoms with E-state index >= 15 is 0 Å². The van der Waals surface area contributed by atoms with Gasteiger partial charge in [-0.1, -0.05) is 84.9 Å². The van der Waals surface area contributed by atoms with Crippen LogP contribution in [0.1, 0.15) is 48.2 Å². The van der Waals surface area contributed by atoms with Gasteiger partial charge in [-0.15, -0.1) is 0 Å². The molecule has 4 aromatic rings. The summed E-state index contributed by atoms with van der Waals surface area (Å²) in [6.07, 6.45) is 0. The molecular weight excluding hydrogens is 364 g/mol. The first kappa shape index (κ1) is 17.1. The fourth-order valence-corrected chi connectivity index (χ4v) is 3.70. The van der Waals surface area contributed by atoms with Crippen molar-refractivity contribution in [2.45, 2.75) is 0 Å². The molecule has 0 spiro atoms. The Morgan fingerprint density at radius 2 is 1.17 bits per heavy atom. The predicted octanol–water partition coefficient (Wildman–Crippen LogP) is 4.95. The SMILES string of the molecule is O=C1c2ccccc2C(=O)c2c1oc(C(=O)c1ccccc1)c2-c1ccccc1.